The molecule has 0 atom stereocenters. The highest BCUT2D eigenvalue weighted by molar-refractivity contribution is 5.90. The zero-order chi connectivity index (χ0) is 14.4. The van der Waals surface area contributed by atoms with Crippen LogP contribution in [0.1, 0.15) is 23.0 Å². The minimum atomic E-state index is -0.399. The Labute approximate surface area is 117 Å². The number of esters is 1. The quantitative estimate of drug-likeness (QED) is 0.593. The summed E-state index contributed by atoms with van der Waals surface area (Å²) in [6, 6.07) is 5.51. The average Bonchev–Trinajstić information content (AvgIpc) is 2.86. The summed E-state index contributed by atoms with van der Waals surface area (Å²) >= 11 is 0. The molecular formula is C14H17N3O3. The Hall–Kier alpha value is -2.21. The maximum atomic E-state index is 11.9. The lowest BCUT2D eigenvalue weighted by Gasteiger charge is -2.05. The summed E-state index contributed by atoms with van der Waals surface area (Å²) in [5, 5.41) is 4.17. The van der Waals surface area contributed by atoms with Crippen molar-refractivity contribution in [2.45, 2.75) is 13.8 Å². The summed E-state index contributed by atoms with van der Waals surface area (Å²) < 4.78 is 11.8. The third-order valence-electron chi connectivity index (χ3n) is 2.76. The molecule has 6 heteroatoms. The molecule has 0 fully saturated rings. The smallest absolute Gasteiger partial charge is 0.341 e. The fourth-order valence-corrected chi connectivity index (χ4v) is 1.74. The van der Waals surface area contributed by atoms with Crippen molar-refractivity contribution in [3.63, 3.8) is 0 Å². The van der Waals surface area contributed by atoms with Crippen LogP contribution in [-0.2, 0) is 9.47 Å². The van der Waals surface area contributed by atoms with Gasteiger partial charge in [-0.15, -0.1) is 0 Å². The average molecular weight is 275 g/mol. The van der Waals surface area contributed by atoms with Crippen molar-refractivity contribution >= 4 is 5.97 Å². The van der Waals surface area contributed by atoms with Crippen molar-refractivity contribution in [1.82, 2.24) is 14.8 Å². The van der Waals surface area contributed by atoms with E-state index >= 15 is 0 Å². The lowest BCUT2D eigenvalue weighted by Crippen LogP contribution is -2.12. The van der Waals surface area contributed by atoms with Gasteiger partial charge in [0, 0.05) is 12.8 Å². The van der Waals surface area contributed by atoms with Crippen molar-refractivity contribution in [3.8, 4) is 5.82 Å². The number of rotatable bonds is 6. The number of carbonyl (C=O) groups is 1. The SMILES string of the molecule is CCOCCOC(=O)c1cnn(-c2ccccn2)c1C. The molecule has 0 spiro atoms. The summed E-state index contributed by atoms with van der Waals surface area (Å²) in [4.78, 5) is 16.1. The van der Waals surface area contributed by atoms with E-state index in [1.54, 1.807) is 17.8 Å². The Kier molecular flexibility index (Phi) is 4.84. The molecule has 0 aliphatic rings. The van der Waals surface area contributed by atoms with E-state index in [0.29, 0.717) is 30.3 Å². The second-order valence-electron chi connectivity index (χ2n) is 4.08. The van der Waals surface area contributed by atoms with Crippen LogP contribution in [0, 0.1) is 6.92 Å². The fraction of sp³-hybridized carbons (Fsp3) is 0.357. The molecule has 106 valence electrons. The third-order valence-corrected chi connectivity index (χ3v) is 2.76. The van der Waals surface area contributed by atoms with Crippen molar-refractivity contribution in [3.05, 3.63) is 41.9 Å². The Balaban J connectivity index is 2.07. The first-order chi connectivity index (χ1) is 9.74. The van der Waals surface area contributed by atoms with Gasteiger partial charge in [0.2, 0.25) is 0 Å². The van der Waals surface area contributed by atoms with E-state index in [0.717, 1.165) is 0 Å². The number of hydrogen-bond acceptors (Lipinski definition) is 5. The van der Waals surface area contributed by atoms with Crippen LogP contribution in [0.25, 0.3) is 5.82 Å². The number of carbonyl (C=O) groups excluding carboxylic acids is 1. The molecule has 6 nitrogen and oxygen atoms in total. The maximum Gasteiger partial charge on any atom is 0.341 e. The molecule has 0 aliphatic heterocycles. The van der Waals surface area contributed by atoms with Gasteiger partial charge >= 0.3 is 5.97 Å². The molecule has 2 heterocycles. The van der Waals surface area contributed by atoms with Gasteiger partial charge < -0.3 is 9.47 Å². The van der Waals surface area contributed by atoms with Crippen LogP contribution in [0.5, 0.6) is 0 Å². The van der Waals surface area contributed by atoms with Crippen molar-refractivity contribution in [1.29, 1.82) is 0 Å². The highest BCUT2D eigenvalue weighted by Crippen LogP contribution is 2.13. The van der Waals surface area contributed by atoms with Gasteiger partial charge in [-0.05, 0) is 26.0 Å². The van der Waals surface area contributed by atoms with Crippen LogP contribution >= 0.6 is 0 Å². The third kappa shape index (κ3) is 3.21. The second-order valence-corrected chi connectivity index (χ2v) is 4.08. The first kappa shape index (κ1) is 14.2. The number of ether oxygens (including phenoxy) is 2. The molecule has 2 aromatic rings. The molecule has 2 aromatic heterocycles. The summed E-state index contributed by atoms with van der Waals surface area (Å²) in [5.74, 6) is 0.266. The minimum absolute atomic E-state index is 0.237. The van der Waals surface area contributed by atoms with E-state index in [1.807, 2.05) is 25.1 Å². The van der Waals surface area contributed by atoms with E-state index in [-0.39, 0.29) is 6.61 Å². The zero-order valence-electron chi connectivity index (χ0n) is 11.6. The molecule has 0 bridgehead atoms. The molecule has 0 N–H and O–H groups in total. The lowest BCUT2D eigenvalue weighted by atomic mass is 10.2. The van der Waals surface area contributed by atoms with Gasteiger partial charge in [-0.2, -0.15) is 5.10 Å². The van der Waals surface area contributed by atoms with Gasteiger partial charge in [0.1, 0.15) is 12.2 Å². The first-order valence-electron chi connectivity index (χ1n) is 6.45. The summed E-state index contributed by atoms with van der Waals surface area (Å²) in [6.45, 7) is 4.94. The van der Waals surface area contributed by atoms with E-state index < -0.39 is 5.97 Å². The molecule has 0 saturated heterocycles. The molecule has 0 unspecified atom stereocenters. The molecule has 0 amide bonds. The topological polar surface area (TPSA) is 66.2 Å². The standard InChI is InChI=1S/C14H17N3O3/c1-3-19-8-9-20-14(18)12-10-16-17(11(12)2)13-6-4-5-7-15-13/h4-7,10H,3,8-9H2,1-2H3. The van der Waals surface area contributed by atoms with Gasteiger partial charge in [0.25, 0.3) is 0 Å². The maximum absolute atomic E-state index is 11.9. The van der Waals surface area contributed by atoms with Gasteiger partial charge in [0.05, 0.1) is 18.5 Å². The van der Waals surface area contributed by atoms with Crippen LogP contribution in [0.15, 0.2) is 30.6 Å². The number of aromatic nitrogens is 3. The minimum Gasteiger partial charge on any atom is -0.460 e. The van der Waals surface area contributed by atoms with E-state index in [1.165, 1.54) is 6.20 Å². The largest absolute Gasteiger partial charge is 0.460 e. The number of nitrogens with zero attached hydrogens (tertiary/aromatic N) is 3. The van der Waals surface area contributed by atoms with Gasteiger partial charge in [0.15, 0.2) is 5.82 Å². The molecular weight excluding hydrogens is 258 g/mol. The molecule has 0 aliphatic carbocycles. The molecule has 0 saturated carbocycles. The summed E-state index contributed by atoms with van der Waals surface area (Å²) in [7, 11) is 0. The highest BCUT2D eigenvalue weighted by atomic mass is 16.6. The van der Waals surface area contributed by atoms with Crippen LogP contribution in [0.4, 0.5) is 0 Å². The summed E-state index contributed by atoms with van der Waals surface area (Å²) in [5.41, 5.74) is 1.14. The van der Waals surface area contributed by atoms with Crippen LogP contribution in [0.3, 0.4) is 0 Å². The Morgan fingerprint density at radius 3 is 2.90 bits per heavy atom. The van der Waals surface area contributed by atoms with Gasteiger partial charge in [-0.25, -0.2) is 14.5 Å². The van der Waals surface area contributed by atoms with E-state index in [2.05, 4.69) is 10.1 Å². The van der Waals surface area contributed by atoms with Crippen molar-refractivity contribution in [2.24, 2.45) is 0 Å². The zero-order valence-corrected chi connectivity index (χ0v) is 11.6. The lowest BCUT2D eigenvalue weighted by molar-refractivity contribution is 0.0334. The van der Waals surface area contributed by atoms with E-state index in [9.17, 15) is 4.79 Å². The number of hydrogen-bond donors (Lipinski definition) is 0. The second kappa shape index (κ2) is 6.81. The summed E-state index contributed by atoms with van der Waals surface area (Å²) in [6.07, 6.45) is 3.17. The van der Waals surface area contributed by atoms with Crippen LogP contribution in [0.2, 0.25) is 0 Å². The predicted octanol–water partition coefficient (Wildman–Crippen LogP) is 1.77. The Morgan fingerprint density at radius 1 is 1.35 bits per heavy atom. The van der Waals surface area contributed by atoms with Gasteiger partial charge in [-0.1, -0.05) is 6.07 Å². The highest BCUT2D eigenvalue weighted by Gasteiger charge is 2.16. The van der Waals surface area contributed by atoms with Gasteiger partial charge in [-0.3, -0.25) is 0 Å². The Morgan fingerprint density at radius 2 is 2.20 bits per heavy atom. The number of pyridine rings is 1. The Bertz CT molecular complexity index is 566. The first-order valence-corrected chi connectivity index (χ1v) is 6.45. The predicted molar refractivity (Wildman–Crippen MR) is 72.9 cm³/mol. The van der Waals surface area contributed by atoms with Crippen molar-refractivity contribution < 1.29 is 14.3 Å². The fourth-order valence-electron chi connectivity index (χ4n) is 1.74. The van der Waals surface area contributed by atoms with E-state index in [4.69, 9.17) is 9.47 Å². The molecule has 2 rings (SSSR count). The molecule has 0 aromatic carbocycles. The monoisotopic (exact) mass is 275 g/mol. The van der Waals surface area contributed by atoms with Crippen LogP contribution < -0.4 is 0 Å². The molecule has 20 heavy (non-hydrogen) atoms. The van der Waals surface area contributed by atoms with Crippen LogP contribution in [-0.4, -0.2) is 40.6 Å². The molecule has 0 radical (unpaired) electrons. The normalized spacial score (nSPS) is 10.5. The van der Waals surface area contributed by atoms with Crippen molar-refractivity contribution in [2.75, 3.05) is 19.8 Å².